The molecule has 12 heavy (non-hydrogen) atoms. The Kier molecular flexibility index (Phi) is 1.71. The third-order valence-electron chi connectivity index (χ3n) is 2.16. The molecule has 0 radical (unpaired) electrons. The highest BCUT2D eigenvalue weighted by molar-refractivity contribution is 5.36. The smallest absolute Gasteiger partial charge is 0.214 e. The summed E-state index contributed by atoms with van der Waals surface area (Å²) in [5.74, 6) is 0.924. The van der Waals surface area contributed by atoms with Crippen molar-refractivity contribution in [1.29, 1.82) is 0 Å². The molecule has 1 N–H and O–H groups in total. The summed E-state index contributed by atoms with van der Waals surface area (Å²) in [6, 6.07) is 5.30. The second-order valence-corrected chi connectivity index (χ2v) is 3.31. The Balaban J connectivity index is 2.03. The van der Waals surface area contributed by atoms with E-state index < -0.39 is 5.95 Å². The van der Waals surface area contributed by atoms with Gasteiger partial charge in [-0.2, -0.15) is 4.39 Å². The Labute approximate surface area is 70.8 Å². The molecule has 1 aromatic rings. The van der Waals surface area contributed by atoms with E-state index in [9.17, 15) is 4.39 Å². The molecule has 0 saturated heterocycles. The molecule has 0 bridgehead atoms. The summed E-state index contributed by atoms with van der Waals surface area (Å²) in [4.78, 5) is 3.71. The molecule has 1 aliphatic rings. The topological polar surface area (TPSA) is 24.9 Å². The highest BCUT2D eigenvalue weighted by Gasteiger charge is 2.32. The summed E-state index contributed by atoms with van der Waals surface area (Å²) in [6.07, 6.45) is 1.16. The maximum Gasteiger partial charge on any atom is 0.214 e. The molecule has 2 nitrogen and oxygen atoms in total. The summed E-state index contributed by atoms with van der Waals surface area (Å²) in [5.41, 5.74) is 0. The zero-order valence-corrected chi connectivity index (χ0v) is 6.92. The molecule has 3 heteroatoms. The Morgan fingerprint density at radius 3 is 2.92 bits per heavy atom. The molecule has 2 rings (SSSR count). The molecule has 1 fully saturated rings. The average Bonchev–Trinajstić information content (AvgIpc) is 2.66. The summed E-state index contributed by atoms with van der Waals surface area (Å²) in [5, 5.41) is 3.16. The van der Waals surface area contributed by atoms with Crippen LogP contribution in [0, 0.1) is 11.9 Å². The number of pyridine rings is 1. The van der Waals surface area contributed by atoms with Gasteiger partial charge in [0.1, 0.15) is 5.82 Å². The van der Waals surface area contributed by atoms with Gasteiger partial charge < -0.3 is 5.32 Å². The van der Waals surface area contributed by atoms with Crippen LogP contribution in [-0.4, -0.2) is 11.0 Å². The van der Waals surface area contributed by atoms with Crippen molar-refractivity contribution in [1.82, 2.24) is 4.98 Å². The van der Waals surface area contributed by atoms with E-state index in [1.165, 1.54) is 6.07 Å². The molecule has 1 aromatic heterocycles. The number of hydrogen-bond acceptors (Lipinski definition) is 2. The Morgan fingerprint density at radius 1 is 1.58 bits per heavy atom. The van der Waals surface area contributed by atoms with E-state index >= 15 is 0 Å². The molecule has 0 aliphatic heterocycles. The van der Waals surface area contributed by atoms with E-state index in [0.29, 0.717) is 17.8 Å². The predicted molar refractivity (Wildman–Crippen MR) is 45.4 cm³/mol. The number of hydrogen-bond donors (Lipinski definition) is 1. The van der Waals surface area contributed by atoms with Crippen LogP contribution in [0.2, 0.25) is 0 Å². The van der Waals surface area contributed by atoms with Gasteiger partial charge in [-0.05, 0) is 24.5 Å². The van der Waals surface area contributed by atoms with Gasteiger partial charge in [-0.3, -0.25) is 0 Å². The summed E-state index contributed by atoms with van der Waals surface area (Å²) in [6.45, 7) is 2.16. The van der Waals surface area contributed by atoms with Gasteiger partial charge in [0.15, 0.2) is 0 Å². The fourth-order valence-corrected chi connectivity index (χ4v) is 1.20. The Bertz CT molecular complexity index is 288. The quantitative estimate of drug-likeness (QED) is 0.680. The Morgan fingerprint density at radius 2 is 2.33 bits per heavy atom. The number of nitrogens with one attached hydrogen (secondary N) is 1. The van der Waals surface area contributed by atoms with Gasteiger partial charge >= 0.3 is 0 Å². The largest absolute Gasteiger partial charge is 0.367 e. The first-order valence-electron chi connectivity index (χ1n) is 4.15. The lowest BCUT2D eigenvalue weighted by Gasteiger charge is -2.02. The average molecular weight is 166 g/mol. The maximum atomic E-state index is 12.6. The van der Waals surface area contributed by atoms with Crippen LogP contribution < -0.4 is 5.32 Å². The van der Waals surface area contributed by atoms with Crippen LogP contribution in [0.3, 0.4) is 0 Å². The van der Waals surface area contributed by atoms with E-state index in [2.05, 4.69) is 17.2 Å². The van der Waals surface area contributed by atoms with Crippen molar-refractivity contribution < 1.29 is 4.39 Å². The van der Waals surface area contributed by atoms with Crippen LogP contribution >= 0.6 is 0 Å². The lowest BCUT2D eigenvalue weighted by atomic mass is 10.4. The first-order valence-corrected chi connectivity index (χ1v) is 4.15. The second kappa shape index (κ2) is 2.73. The van der Waals surface area contributed by atoms with Gasteiger partial charge in [0.2, 0.25) is 5.95 Å². The minimum absolute atomic E-state index is 0.423. The van der Waals surface area contributed by atoms with Gasteiger partial charge in [-0.1, -0.05) is 13.0 Å². The highest BCUT2D eigenvalue weighted by Crippen LogP contribution is 2.31. The number of rotatable bonds is 2. The monoisotopic (exact) mass is 166 g/mol. The van der Waals surface area contributed by atoms with Crippen molar-refractivity contribution >= 4 is 5.82 Å². The van der Waals surface area contributed by atoms with Crippen molar-refractivity contribution in [3.05, 3.63) is 24.1 Å². The molecule has 0 aromatic carbocycles. The molecular formula is C9H11FN2. The van der Waals surface area contributed by atoms with Crippen molar-refractivity contribution in [3.63, 3.8) is 0 Å². The fourth-order valence-electron chi connectivity index (χ4n) is 1.20. The number of nitrogens with zero attached hydrogens (tertiary/aromatic N) is 1. The lowest BCUT2D eigenvalue weighted by molar-refractivity contribution is 0.585. The van der Waals surface area contributed by atoms with Crippen LogP contribution in [0.25, 0.3) is 0 Å². The van der Waals surface area contributed by atoms with E-state index in [-0.39, 0.29) is 0 Å². The lowest BCUT2D eigenvalue weighted by Crippen LogP contribution is -2.05. The number of halogens is 1. The van der Waals surface area contributed by atoms with Crippen molar-refractivity contribution in [2.24, 2.45) is 5.92 Å². The van der Waals surface area contributed by atoms with Crippen LogP contribution in [0.1, 0.15) is 13.3 Å². The molecule has 0 spiro atoms. The van der Waals surface area contributed by atoms with Crippen LogP contribution in [0.15, 0.2) is 18.2 Å². The van der Waals surface area contributed by atoms with E-state index in [1.54, 1.807) is 12.1 Å². The number of anilines is 1. The standard InChI is InChI=1S/C9H11FN2/c1-6-5-7(6)11-9-4-2-3-8(10)12-9/h2-4,6-7H,5H2,1H3,(H,11,12). The van der Waals surface area contributed by atoms with Gasteiger partial charge in [0, 0.05) is 6.04 Å². The SMILES string of the molecule is CC1CC1Nc1cccc(F)n1. The summed E-state index contributed by atoms with van der Waals surface area (Å²) < 4.78 is 12.6. The molecular weight excluding hydrogens is 155 g/mol. The number of aromatic nitrogens is 1. The van der Waals surface area contributed by atoms with E-state index in [0.717, 1.165) is 6.42 Å². The van der Waals surface area contributed by atoms with Crippen molar-refractivity contribution in [3.8, 4) is 0 Å². The molecule has 2 unspecified atom stereocenters. The minimum Gasteiger partial charge on any atom is -0.367 e. The Hall–Kier alpha value is -1.12. The van der Waals surface area contributed by atoms with Crippen LogP contribution in [0.5, 0.6) is 0 Å². The highest BCUT2D eigenvalue weighted by atomic mass is 19.1. The van der Waals surface area contributed by atoms with Gasteiger partial charge in [0.25, 0.3) is 0 Å². The van der Waals surface area contributed by atoms with E-state index in [1.807, 2.05) is 0 Å². The third-order valence-corrected chi connectivity index (χ3v) is 2.16. The zero-order chi connectivity index (χ0) is 8.55. The van der Waals surface area contributed by atoms with Gasteiger partial charge in [-0.25, -0.2) is 4.98 Å². The molecule has 0 amide bonds. The predicted octanol–water partition coefficient (Wildman–Crippen LogP) is 2.04. The molecule has 1 saturated carbocycles. The van der Waals surface area contributed by atoms with Gasteiger partial charge in [0.05, 0.1) is 0 Å². The van der Waals surface area contributed by atoms with Crippen LogP contribution in [0.4, 0.5) is 10.2 Å². The fraction of sp³-hybridized carbons (Fsp3) is 0.444. The van der Waals surface area contributed by atoms with Crippen LogP contribution in [-0.2, 0) is 0 Å². The first kappa shape index (κ1) is 7.53. The molecule has 64 valence electrons. The summed E-state index contributed by atoms with van der Waals surface area (Å²) >= 11 is 0. The third kappa shape index (κ3) is 1.55. The molecule has 2 atom stereocenters. The normalized spacial score (nSPS) is 26.8. The maximum absolute atomic E-state index is 12.6. The summed E-state index contributed by atoms with van der Waals surface area (Å²) in [7, 11) is 0. The second-order valence-electron chi connectivity index (χ2n) is 3.31. The molecule has 1 aliphatic carbocycles. The molecule has 1 heterocycles. The first-order chi connectivity index (χ1) is 5.75. The van der Waals surface area contributed by atoms with Crippen molar-refractivity contribution in [2.45, 2.75) is 19.4 Å². The minimum atomic E-state index is -0.423. The zero-order valence-electron chi connectivity index (χ0n) is 6.92. The van der Waals surface area contributed by atoms with Crippen molar-refractivity contribution in [2.75, 3.05) is 5.32 Å². The van der Waals surface area contributed by atoms with E-state index in [4.69, 9.17) is 0 Å². The van der Waals surface area contributed by atoms with Gasteiger partial charge in [-0.15, -0.1) is 0 Å².